The van der Waals surface area contributed by atoms with Crippen LogP contribution in [0.5, 0.6) is 0 Å². The second-order valence-electron chi connectivity index (χ2n) is 7.24. The first kappa shape index (κ1) is 20.4. The number of aliphatic hydroxyl groups excluding tert-OH is 1. The summed E-state index contributed by atoms with van der Waals surface area (Å²) < 4.78 is 0. The van der Waals surface area contributed by atoms with Crippen molar-refractivity contribution < 1.29 is 9.90 Å². The summed E-state index contributed by atoms with van der Waals surface area (Å²) in [5.41, 5.74) is 0. The van der Waals surface area contributed by atoms with E-state index in [1.54, 1.807) is 0 Å². The molecule has 0 aromatic carbocycles. The fraction of sp³-hybridized carbons (Fsp3) is 0.850. The van der Waals surface area contributed by atoms with Crippen molar-refractivity contribution in [1.29, 1.82) is 0 Å². The Kier molecular flexibility index (Phi) is 10.5. The zero-order chi connectivity index (χ0) is 17.1. The van der Waals surface area contributed by atoms with Crippen molar-refractivity contribution in [2.24, 2.45) is 5.92 Å². The molecule has 0 aromatic heterocycles. The van der Waals surface area contributed by atoms with E-state index < -0.39 is 6.10 Å². The van der Waals surface area contributed by atoms with Crippen molar-refractivity contribution in [1.82, 2.24) is 4.90 Å². The number of hydrogen-bond donors (Lipinski definition) is 1. The first-order chi connectivity index (χ1) is 11.1. The minimum atomic E-state index is -0.575. The van der Waals surface area contributed by atoms with Gasteiger partial charge in [-0.15, -0.1) is 0 Å². The molecule has 3 heteroatoms. The third-order valence-corrected chi connectivity index (χ3v) is 5.14. The number of nitrogens with zero attached hydrogens (tertiary/aromatic N) is 1. The van der Waals surface area contributed by atoms with Crippen molar-refractivity contribution in [2.75, 3.05) is 13.6 Å². The average Bonchev–Trinajstić information content (AvgIpc) is 2.55. The summed E-state index contributed by atoms with van der Waals surface area (Å²) in [5.74, 6) is 0.338. The molecular weight excluding hydrogens is 286 g/mol. The fourth-order valence-electron chi connectivity index (χ4n) is 3.51. The Morgan fingerprint density at radius 1 is 1.13 bits per heavy atom. The van der Waals surface area contributed by atoms with Crippen LogP contribution in [0.1, 0.15) is 78.1 Å². The number of carbonyl (C=O) groups excluding carboxylic acids is 1. The molecule has 1 unspecified atom stereocenters. The molecule has 1 saturated heterocycles. The second-order valence-corrected chi connectivity index (χ2v) is 7.24. The third-order valence-electron chi connectivity index (χ3n) is 5.14. The molecule has 1 N–H and O–H groups in total. The highest BCUT2D eigenvalue weighted by atomic mass is 16.3. The van der Waals surface area contributed by atoms with Gasteiger partial charge in [0.2, 0.25) is 0 Å². The first-order valence-electron chi connectivity index (χ1n) is 9.60. The van der Waals surface area contributed by atoms with Gasteiger partial charge < -0.3 is 5.11 Å². The predicted molar refractivity (Wildman–Crippen MR) is 97.6 cm³/mol. The lowest BCUT2D eigenvalue weighted by Gasteiger charge is -2.33. The molecular formula is C20H37NO2. The van der Waals surface area contributed by atoms with Crippen LogP contribution >= 0.6 is 0 Å². The molecule has 23 heavy (non-hydrogen) atoms. The number of Topliss-reactive ketones (excluding diaryl/α,β-unsaturated/α-hetero) is 1. The van der Waals surface area contributed by atoms with Gasteiger partial charge in [-0.05, 0) is 45.7 Å². The van der Waals surface area contributed by atoms with E-state index in [9.17, 15) is 9.90 Å². The number of allylic oxidation sites excluding steroid dienone is 2. The van der Waals surface area contributed by atoms with Gasteiger partial charge in [-0.25, -0.2) is 0 Å². The topological polar surface area (TPSA) is 40.5 Å². The van der Waals surface area contributed by atoms with E-state index >= 15 is 0 Å². The molecule has 3 atom stereocenters. The molecule has 0 aromatic rings. The molecule has 3 nitrogen and oxygen atoms in total. The number of ketones is 1. The van der Waals surface area contributed by atoms with E-state index in [2.05, 4.69) is 11.0 Å². The Bertz CT molecular complexity index is 354. The summed E-state index contributed by atoms with van der Waals surface area (Å²) in [5, 5.41) is 10.8. The van der Waals surface area contributed by atoms with Crippen molar-refractivity contribution in [3.05, 3.63) is 12.2 Å². The summed E-state index contributed by atoms with van der Waals surface area (Å²) in [4.78, 5) is 14.8. The highest BCUT2D eigenvalue weighted by Crippen LogP contribution is 2.21. The lowest BCUT2D eigenvalue weighted by molar-refractivity contribution is -0.129. The first-order valence-corrected chi connectivity index (χ1v) is 9.60. The molecule has 1 aliphatic heterocycles. The van der Waals surface area contributed by atoms with Crippen LogP contribution in [0.15, 0.2) is 12.2 Å². The number of rotatable bonds is 4. The lowest BCUT2D eigenvalue weighted by atomic mass is 9.89. The van der Waals surface area contributed by atoms with Crippen LogP contribution in [-0.4, -0.2) is 41.5 Å². The van der Waals surface area contributed by atoms with Crippen LogP contribution in [-0.2, 0) is 4.79 Å². The highest BCUT2D eigenvalue weighted by Gasteiger charge is 2.32. The summed E-state index contributed by atoms with van der Waals surface area (Å²) in [6, 6.07) is -0.337. The van der Waals surface area contributed by atoms with Crippen molar-refractivity contribution in [3.63, 3.8) is 0 Å². The van der Waals surface area contributed by atoms with E-state index in [0.29, 0.717) is 6.42 Å². The molecule has 1 fully saturated rings. The van der Waals surface area contributed by atoms with Crippen LogP contribution in [0.3, 0.4) is 0 Å². The van der Waals surface area contributed by atoms with Gasteiger partial charge in [0.15, 0.2) is 5.78 Å². The highest BCUT2D eigenvalue weighted by molar-refractivity contribution is 5.84. The Morgan fingerprint density at radius 2 is 1.70 bits per heavy atom. The standard InChI is InChI=1S/C20H37NO2/c1-4-5-14-17(2)20(23)19-18(22)15-12-10-8-6-7-9-11-13-16-21(19)3/h4-5,17,19-20,23H,6-16H2,1-3H3/b5-4-/t17-,19-,20?/m1/s1. The van der Waals surface area contributed by atoms with Crippen molar-refractivity contribution in [3.8, 4) is 0 Å². The van der Waals surface area contributed by atoms with E-state index in [1.807, 2.05) is 27.0 Å². The van der Waals surface area contributed by atoms with Crippen LogP contribution in [0.2, 0.25) is 0 Å². The molecule has 134 valence electrons. The van der Waals surface area contributed by atoms with Gasteiger partial charge in [-0.1, -0.05) is 57.6 Å². The summed E-state index contributed by atoms with van der Waals surface area (Å²) >= 11 is 0. The summed E-state index contributed by atoms with van der Waals surface area (Å²) in [6.07, 6.45) is 14.6. The van der Waals surface area contributed by atoms with Gasteiger partial charge in [0.25, 0.3) is 0 Å². The SMILES string of the molecule is C/C=C\C[C@@H](C)C(O)[C@H]1C(=O)CCCCCCCCCCN1C. The largest absolute Gasteiger partial charge is 0.391 e. The van der Waals surface area contributed by atoms with E-state index in [1.165, 1.54) is 32.1 Å². The maximum atomic E-state index is 12.7. The quantitative estimate of drug-likeness (QED) is 0.782. The number of likely N-dealkylation sites (N-methyl/N-ethyl adjacent to an activating group) is 1. The third kappa shape index (κ3) is 7.63. The Hall–Kier alpha value is -0.670. The molecule has 0 spiro atoms. The second kappa shape index (κ2) is 11.8. The Morgan fingerprint density at radius 3 is 2.30 bits per heavy atom. The molecule has 0 radical (unpaired) electrons. The number of hydrogen-bond acceptors (Lipinski definition) is 3. The molecule has 0 saturated carbocycles. The van der Waals surface area contributed by atoms with Gasteiger partial charge in [-0.3, -0.25) is 9.69 Å². The van der Waals surface area contributed by atoms with Crippen LogP contribution in [0.4, 0.5) is 0 Å². The lowest BCUT2D eigenvalue weighted by Crippen LogP contribution is -2.49. The normalized spacial score (nSPS) is 26.3. The molecule has 1 heterocycles. The van der Waals surface area contributed by atoms with Crippen molar-refractivity contribution in [2.45, 2.75) is 90.2 Å². The molecule has 1 rings (SSSR count). The summed E-state index contributed by atoms with van der Waals surface area (Å²) in [6.45, 7) is 4.95. The van der Waals surface area contributed by atoms with Crippen LogP contribution in [0, 0.1) is 5.92 Å². The maximum absolute atomic E-state index is 12.7. The van der Waals surface area contributed by atoms with Gasteiger partial charge >= 0.3 is 0 Å². The predicted octanol–water partition coefficient (Wildman–Crippen LogP) is 4.34. The Labute approximate surface area is 143 Å². The van der Waals surface area contributed by atoms with Crippen molar-refractivity contribution >= 4 is 5.78 Å². The molecule has 0 amide bonds. The monoisotopic (exact) mass is 323 g/mol. The fourth-order valence-corrected chi connectivity index (χ4v) is 3.51. The van der Waals surface area contributed by atoms with Crippen LogP contribution < -0.4 is 0 Å². The molecule has 1 aliphatic rings. The van der Waals surface area contributed by atoms with Crippen LogP contribution in [0.25, 0.3) is 0 Å². The van der Waals surface area contributed by atoms with E-state index in [-0.39, 0.29) is 17.7 Å². The smallest absolute Gasteiger partial charge is 0.152 e. The Balaban J connectivity index is 2.74. The van der Waals surface area contributed by atoms with E-state index in [0.717, 1.165) is 32.2 Å². The van der Waals surface area contributed by atoms with Gasteiger partial charge in [-0.2, -0.15) is 0 Å². The molecule has 0 bridgehead atoms. The number of aliphatic hydroxyl groups is 1. The zero-order valence-corrected chi connectivity index (χ0v) is 15.5. The van der Waals surface area contributed by atoms with Gasteiger partial charge in [0.05, 0.1) is 12.1 Å². The maximum Gasteiger partial charge on any atom is 0.152 e. The molecule has 0 aliphatic carbocycles. The van der Waals surface area contributed by atoms with Gasteiger partial charge in [0.1, 0.15) is 0 Å². The summed E-state index contributed by atoms with van der Waals surface area (Å²) in [7, 11) is 2.01. The minimum absolute atomic E-state index is 0.110. The van der Waals surface area contributed by atoms with Gasteiger partial charge in [0, 0.05) is 6.42 Å². The van der Waals surface area contributed by atoms with E-state index in [4.69, 9.17) is 0 Å². The zero-order valence-electron chi connectivity index (χ0n) is 15.5. The average molecular weight is 324 g/mol. The minimum Gasteiger partial charge on any atom is -0.391 e. The number of carbonyl (C=O) groups is 1.